The van der Waals surface area contributed by atoms with Gasteiger partial charge in [0.1, 0.15) is 0 Å². The summed E-state index contributed by atoms with van der Waals surface area (Å²) in [6.07, 6.45) is 3.47. The van der Waals surface area contributed by atoms with Gasteiger partial charge in [0.25, 0.3) is 0 Å². The van der Waals surface area contributed by atoms with Crippen LogP contribution in [0.4, 0.5) is 0 Å². The van der Waals surface area contributed by atoms with Gasteiger partial charge < -0.3 is 19.5 Å². The van der Waals surface area contributed by atoms with E-state index in [1.165, 1.54) is 12.8 Å². The van der Waals surface area contributed by atoms with Crippen LogP contribution in [0.1, 0.15) is 33.1 Å². The van der Waals surface area contributed by atoms with Gasteiger partial charge in [-0.25, -0.2) is 0 Å². The Morgan fingerprint density at radius 3 is 2.74 bits per heavy atom. The van der Waals surface area contributed by atoms with Crippen LogP contribution in [0.5, 0.6) is 0 Å². The fraction of sp³-hybridized carbons (Fsp3) is 1.00. The average Bonchev–Trinajstić information content (AvgIpc) is 2.82. The molecule has 0 bridgehead atoms. The third-order valence-electron chi connectivity index (χ3n) is 3.67. The maximum absolute atomic E-state index is 5.61. The van der Waals surface area contributed by atoms with Crippen molar-refractivity contribution in [2.75, 3.05) is 53.2 Å². The van der Waals surface area contributed by atoms with Crippen LogP contribution in [-0.2, 0) is 14.2 Å². The molecule has 1 atom stereocenters. The molecule has 0 saturated carbocycles. The summed E-state index contributed by atoms with van der Waals surface area (Å²) in [6, 6.07) is 0. The molecule has 0 amide bonds. The van der Waals surface area contributed by atoms with Crippen LogP contribution < -0.4 is 5.32 Å². The minimum atomic E-state index is 0.333. The first kappa shape index (κ1) is 16.9. The Kier molecular flexibility index (Phi) is 8.62. The van der Waals surface area contributed by atoms with E-state index in [0.29, 0.717) is 24.5 Å². The highest BCUT2D eigenvalue weighted by Crippen LogP contribution is 2.33. The summed E-state index contributed by atoms with van der Waals surface area (Å²) < 4.78 is 16.1. The molecule has 0 aromatic carbocycles. The van der Waals surface area contributed by atoms with E-state index in [0.717, 1.165) is 39.3 Å². The van der Waals surface area contributed by atoms with Crippen LogP contribution >= 0.6 is 0 Å². The molecular weight excluding hydrogens is 242 g/mol. The van der Waals surface area contributed by atoms with Crippen molar-refractivity contribution in [1.82, 2.24) is 5.32 Å². The van der Waals surface area contributed by atoms with Crippen LogP contribution in [0.25, 0.3) is 0 Å². The molecule has 1 heterocycles. The van der Waals surface area contributed by atoms with Crippen molar-refractivity contribution in [1.29, 1.82) is 0 Å². The van der Waals surface area contributed by atoms with Crippen LogP contribution in [0.15, 0.2) is 0 Å². The van der Waals surface area contributed by atoms with Crippen molar-refractivity contribution in [2.45, 2.75) is 33.1 Å². The zero-order chi connectivity index (χ0) is 14.0. The molecule has 0 radical (unpaired) electrons. The lowest BCUT2D eigenvalue weighted by atomic mass is 9.82. The lowest BCUT2D eigenvalue weighted by molar-refractivity contribution is 0.0614. The van der Waals surface area contributed by atoms with Gasteiger partial charge in [0, 0.05) is 32.3 Å². The highest BCUT2D eigenvalue weighted by Gasteiger charge is 2.33. The Labute approximate surface area is 118 Å². The van der Waals surface area contributed by atoms with Crippen molar-refractivity contribution in [3.05, 3.63) is 0 Å². The van der Waals surface area contributed by atoms with Gasteiger partial charge in [-0.05, 0) is 31.7 Å². The monoisotopic (exact) mass is 273 g/mol. The molecule has 0 spiro atoms. The van der Waals surface area contributed by atoms with Gasteiger partial charge in [0.2, 0.25) is 0 Å². The molecule has 1 fully saturated rings. The maximum atomic E-state index is 5.61. The smallest absolute Gasteiger partial charge is 0.0700 e. The molecule has 1 N–H and O–H groups in total. The topological polar surface area (TPSA) is 39.7 Å². The van der Waals surface area contributed by atoms with Crippen LogP contribution in [-0.4, -0.2) is 53.2 Å². The fourth-order valence-electron chi connectivity index (χ4n) is 2.49. The number of rotatable bonds is 11. The highest BCUT2D eigenvalue weighted by molar-refractivity contribution is 4.85. The first-order chi connectivity index (χ1) is 9.18. The molecule has 0 aliphatic carbocycles. The molecule has 1 saturated heterocycles. The summed E-state index contributed by atoms with van der Waals surface area (Å²) in [5, 5.41) is 3.59. The number of hydrogen-bond donors (Lipinski definition) is 1. The summed E-state index contributed by atoms with van der Waals surface area (Å²) >= 11 is 0. The van der Waals surface area contributed by atoms with Gasteiger partial charge >= 0.3 is 0 Å². The molecule has 1 aliphatic rings. The van der Waals surface area contributed by atoms with Crippen molar-refractivity contribution < 1.29 is 14.2 Å². The number of ether oxygens (including phenoxy) is 3. The molecule has 1 rings (SSSR count). The molecule has 1 aliphatic heterocycles. The molecule has 114 valence electrons. The summed E-state index contributed by atoms with van der Waals surface area (Å²) in [5.74, 6) is 0.705. The lowest BCUT2D eigenvalue weighted by Crippen LogP contribution is -2.36. The predicted octanol–water partition coefficient (Wildman–Crippen LogP) is 2.08. The second-order valence-corrected chi connectivity index (χ2v) is 6.04. The van der Waals surface area contributed by atoms with Crippen molar-refractivity contribution in [3.63, 3.8) is 0 Å². The zero-order valence-electron chi connectivity index (χ0n) is 12.9. The number of methoxy groups -OCH3 is 1. The normalized spacial score (nSPS) is 23.4. The van der Waals surface area contributed by atoms with Gasteiger partial charge in [-0.15, -0.1) is 0 Å². The molecule has 19 heavy (non-hydrogen) atoms. The third kappa shape index (κ3) is 7.25. The van der Waals surface area contributed by atoms with Gasteiger partial charge in [0.05, 0.1) is 19.8 Å². The van der Waals surface area contributed by atoms with E-state index >= 15 is 0 Å². The van der Waals surface area contributed by atoms with Crippen LogP contribution in [0, 0.1) is 11.3 Å². The van der Waals surface area contributed by atoms with Crippen molar-refractivity contribution in [3.8, 4) is 0 Å². The summed E-state index contributed by atoms with van der Waals surface area (Å²) in [6.45, 7) is 10.7. The Hall–Kier alpha value is -0.160. The lowest BCUT2D eigenvalue weighted by Gasteiger charge is -2.28. The van der Waals surface area contributed by atoms with E-state index in [1.54, 1.807) is 7.11 Å². The predicted molar refractivity (Wildman–Crippen MR) is 77.5 cm³/mol. The summed E-state index contributed by atoms with van der Waals surface area (Å²) in [4.78, 5) is 0. The van der Waals surface area contributed by atoms with E-state index in [1.807, 2.05) is 0 Å². The molecule has 0 aromatic rings. The number of nitrogens with one attached hydrogen (secondary N) is 1. The first-order valence-corrected chi connectivity index (χ1v) is 7.54. The van der Waals surface area contributed by atoms with E-state index in [4.69, 9.17) is 14.2 Å². The van der Waals surface area contributed by atoms with E-state index in [9.17, 15) is 0 Å². The Balaban J connectivity index is 2.16. The van der Waals surface area contributed by atoms with E-state index in [-0.39, 0.29) is 0 Å². The molecule has 4 nitrogen and oxygen atoms in total. The Morgan fingerprint density at radius 1 is 1.26 bits per heavy atom. The molecule has 0 aromatic heterocycles. The second kappa shape index (κ2) is 9.70. The standard InChI is InChI=1S/C15H31NO3/c1-14(2)11-16-12-15(6-8-19-13-15)5-4-7-18-10-9-17-3/h14,16H,4-13H2,1-3H3. The third-order valence-corrected chi connectivity index (χ3v) is 3.67. The second-order valence-electron chi connectivity index (χ2n) is 6.04. The van der Waals surface area contributed by atoms with Gasteiger partial charge in [-0.3, -0.25) is 0 Å². The van der Waals surface area contributed by atoms with Crippen molar-refractivity contribution >= 4 is 0 Å². The Morgan fingerprint density at radius 2 is 2.11 bits per heavy atom. The minimum absolute atomic E-state index is 0.333. The highest BCUT2D eigenvalue weighted by atomic mass is 16.5. The van der Waals surface area contributed by atoms with E-state index in [2.05, 4.69) is 19.2 Å². The summed E-state index contributed by atoms with van der Waals surface area (Å²) in [7, 11) is 1.70. The van der Waals surface area contributed by atoms with Crippen molar-refractivity contribution in [2.24, 2.45) is 11.3 Å². The maximum Gasteiger partial charge on any atom is 0.0700 e. The van der Waals surface area contributed by atoms with Gasteiger partial charge in [-0.1, -0.05) is 13.8 Å². The minimum Gasteiger partial charge on any atom is -0.382 e. The average molecular weight is 273 g/mol. The summed E-state index contributed by atoms with van der Waals surface area (Å²) in [5.41, 5.74) is 0.333. The molecule has 1 unspecified atom stereocenters. The van der Waals surface area contributed by atoms with Crippen LogP contribution in [0.3, 0.4) is 0 Å². The molecular formula is C15H31NO3. The SMILES string of the molecule is COCCOCCCC1(CNCC(C)C)CCOC1. The van der Waals surface area contributed by atoms with Crippen LogP contribution in [0.2, 0.25) is 0 Å². The molecule has 4 heteroatoms. The number of hydrogen-bond acceptors (Lipinski definition) is 4. The van der Waals surface area contributed by atoms with Gasteiger partial charge in [0.15, 0.2) is 0 Å². The largest absolute Gasteiger partial charge is 0.382 e. The van der Waals surface area contributed by atoms with E-state index < -0.39 is 0 Å². The first-order valence-electron chi connectivity index (χ1n) is 7.54. The van der Waals surface area contributed by atoms with Gasteiger partial charge in [-0.2, -0.15) is 0 Å². The Bertz CT molecular complexity index is 215. The quantitative estimate of drug-likeness (QED) is 0.585. The fourth-order valence-corrected chi connectivity index (χ4v) is 2.49. The zero-order valence-corrected chi connectivity index (χ0v) is 12.9.